The maximum atomic E-state index is 12.2. The molecule has 0 fully saturated rings. The van der Waals surface area contributed by atoms with Gasteiger partial charge in [-0.15, -0.1) is 22.7 Å². The topological polar surface area (TPSA) is 71.1 Å². The number of sulfonamides is 1. The first-order chi connectivity index (χ1) is 8.94. The molecule has 0 aliphatic heterocycles. The highest BCUT2D eigenvalue weighted by atomic mass is 79.9. The number of nitrogens with one attached hydrogen (secondary N) is 2. The van der Waals surface area contributed by atoms with Crippen molar-refractivity contribution in [1.29, 1.82) is 0 Å². The summed E-state index contributed by atoms with van der Waals surface area (Å²) in [7, 11) is -1.74. The molecule has 2 heterocycles. The summed E-state index contributed by atoms with van der Waals surface area (Å²) in [5.41, 5.74) is 0.815. The van der Waals surface area contributed by atoms with E-state index >= 15 is 0 Å². The predicted molar refractivity (Wildman–Crippen MR) is 82.4 cm³/mol. The molecule has 19 heavy (non-hydrogen) atoms. The van der Waals surface area contributed by atoms with E-state index in [0.717, 1.165) is 17.0 Å². The summed E-state index contributed by atoms with van der Waals surface area (Å²) in [5.74, 6) is 0. The van der Waals surface area contributed by atoms with Crippen molar-refractivity contribution in [3.05, 3.63) is 27.0 Å². The van der Waals surface area contributed by atoms with E-state index in [1.54, 1.807) is 11.4 Å². The normalized spacial score (nSPS) is 13.4. The van der Waals surface area contributed by atoms with Gasteiger partial charge in [0.1, 0.15) is 0 Å². The number of hydrogen-bond donors (Lipinski definition) is 2. The van der Waals surface area contributed by atoms with Gasteiger partial charge in [-0.2, -0.15) is 0 Å². The van der Waals surface area contributed by atoms with Gasteiger partial charge in [0.25, 0.3) is 10.0 Å². The van der Waals surface area contributed by atoms with Crippen LogP contribution in [0.2, 0.25) is 0 Å². The van der Waals surface area contributed by atoms with Gasteiger partial charge in [0, 0.05) is 15.9 Å². The van der Waals surface area contributed by atoms with Gasteiger partial charge in [-0.05, 0) is 41.3 Å². The van der Waals surface area contributed by atoms with Crippen LogP contribution in [0.25, 0.3) is 0 Å². The Balaban J connectivity index is 2.22. The van der Waals surface area contributed by atoms with Crippen molar-refractivity contribution in [2.75, 3.05) is 11.8 Å². The average Bonchev–Trinajstić information content (AvgIpc) is 2.96. The number of aromatic nitrogens is 1. The van der Waals surface area contributed by atoms with E-state index in [0.29, 0.717) is 9.60 Å². The van der Waals surface area contributed by atoms with Gasteiger partial charge in [0.2, 0.25) is 0 Å². The number of thiophene rings is 1. The predicted octanol–water partition coefficient (Wildman–Crippen LogP) is 3.05. The van der Waals surface area contributed by atoms with Crippen molar-refractivity contribution in [2.24, 2.45) is 0 Å². The molecule has 9 heteroatoms. The third-order valence-corrected chi connectivity index (χ3v) is 7.36. The van der Waals surface area contributed by atoms with Crippen LogP contribution in [-0.2, 0) is 10.0 Å². The third kappa shape index (κ3) is 3.34. The first-order valence-electron chi connectivity index (χ1n) is 5.32. The van der Waals surface area contributed by atoms with Gasteiger partial charge in [-0.1, -0.05) is 0 Å². The molecule has 2 rings (SSSR count). The van der Waals surface area contributed by atoms with Gasteiger partial charge in [0.05, 0.1) is 5.69 Å². The molecule has 0 saturated heterocycles. The number of nitrogens with zero attached hydrogens (tertiary/aromatic N) is 1. The molecule has 1 unspecified atom stereocenters. The van der Waals surface area contributed by atoms with Crippen LogP contribution in [0.1, 0.15) is 18.7 Å². The minimum atomic E-state index is -3.57. The molecule has 0 aromatic carbocycles. The molecule has 5 nitrogen and oxygen atoms in total. The molecule has 2 aromatic heterocycles. The molecule has 0 aliphatic rings. The van der Waals surface area contributed by atoms with Gasteiger partial charge in [-0.25, -0.2) is 13.4 Å². The SMILES string of the molecule is CNC(C)c1csc(NS(=O)(=O)c2sccc2Br)n1. The molecule has 0 bridgehead atoms. The lowest BCUT2D eigenvalue weighted by Crippen LogP contribution is -2.14. The maximum absolute atomic E-state index is 12.2. The summed E-state index contributed by atoms with van der Waals surface area (Å²) in [6.45, 7) is 1.96. The maximum Gasteiger partial charge on any atom is 0.274 e. The van der Waals surface area contributed by atoms with E-state index in [9.17, 15) is 8.42 Å². The lowest BCUT2D eigenvalue weighted by Gasteiger charge is -2.05. The third-order valence-electron chi connectivity index (χ3n) is 2.45. The van der Waals surface area contributed by atoms with Gasteiger partial charge in [0.15, 0.2) is 9.34 Å². The molecule has 104 valence electrons. The molecule has 0 spiro atoms. The largest absolute Gasteiger partial charge is 0.312 e. The Bertz CT molecular complexity index is 665. The van der Waals surface area contributed by atoms with Crippen molar-refractivity contribution in [3.63, 3.8) is 0 Å². The van der Waals surface area contributed by atoms with Crippen LogP contribution in [0.4, 0.5) is 5.13 Å². The molecule has 2 N–H and O–H groups in total. The Morgan fingerprint density at radius 2 is 2.16 bits per heavy atom. The van der Waals surface area contributed by atoms with Crippen molar-refractivity contribution in [2.45, 2.75) is 17.2 Å². The summed E-state index contributed by atoms with van der Waals surface area (Å²) < 4.78 is 27.6. The van der Waals surface area contributed by atoms with E-state index in [1.165, 1.54) is 11.3 Å². The molecule has 0 saturated carbocycles. The van der Waals surface area contributed by atoms with E-state index in [2.05, 4.69) is 31.0 Å². The lowest BCUT2D eigenvalue weighted by molar-refractivity contribution is 0.602. The van der Waals surface area contributed by atoms with E-state index in [1.807, 2.05) is 19.4 Å². The second kappa shape index (κ2) is 5.88. The number of thiazole rings is 1. The molecular weight excluding hydrogens is 370 g/mol. The summed E-state index contributed by atoms with van der Waals surface area (Å²) in [6.07, 6.45) is 0. The van der Waals surface area contributed by atoms with Crippen LogP contribution >= 0.6 is 38.6 Å². The van der Waals surface area contributed by atoms with Crippen LogP contribution in [-0.4, -0.2) is 20.4 Å². The van der Waals surface area contributed by atoms with Gasteiger partial charge >= 0.3 is 0 Å². The van der Waals surface area contributed by atoms with Crippen LogP contribution in [0, 0.1) is 0 Å². The van der Waals surface area contributed by atoms with Crippen LogP contribution < -0.4 is 10.0 Å². The molecule has 0 radical (unpaired) electrons. The van der Waals surface area contributed by atoms with E-state index < -0.39 is 10.0 Å². The first kappa shape index (κ1) is 14.9. The standard InChI is InChI=1S/C10H12BrN3O2S3/c1-6(12-2)8-5-18-10(13-8)14-19(15,16)9-7(11)3-4-17-9/h3-6,12H,1-2H3,(H,13,14). The Hall–Kier alpha value is -0.480. The Morgan fingerprint density at radius 3 is 2.74 bits per heavy atom. The fourth-order valence-corrected chi connectivity index (χ4v) is 5.71. The summed E-state index contributed by atoms with van der Waals surface area (Å²) >= 11 is 5.65. The zero-order valence-corrected chi connectivity index (χ0v) is 14.2. The Kier molecular flexibility index (Phi) is 4.62. The molecule has 0 aliphatic carbocycles. The van der Waals surface area contributed by atoms with Crippen LogP contribution in [0.5, 0.6) is 0 Å². The highest BCUT2D eigenvalue weighted by Gasteiger charge is 2.21. The number of hydrogen-bond acceptors (Lipinski definition) is 6. The van der Waals surface area contributed by atoms with E-state index in [4.69, 9.17) is 0 Å². The summed E-state index contributed by atoms with van der Waals surface area (Å²) in [6, 6.07) is 1.79. The lowest BCUT2D eigenvalue weighted by atomic mass is 10.3. The molecule has 2 aromatic rings. The van der Waals surface area contributed by atoms with Crippen molar-refractivity contribution in [1.82, 2.24) is 10.3 Å². The monoisotopic (exact) mass is 381 g/mol. The zero-order valence-electron chi connectivity index (χ0n) is 10.2. The summed E-state index contributed by atoms with van der Waals surface area (Å²) in [4.78, 5) is 4.26. The van der Waals surface area contributed by atoms with Crippen LogP contribution in [0.3, 0.4) is 0 Å². The smallest absolute Gasteiger partial charge is 0.274 e. The Labute approximate surface area is 128 Å². The van der Waals surface area contributed by atoms with Crippen molar-refractivity contribution in [3.8, 4) is 0 Å². The second-order valence-electron chi connectivity index (χ2n) is 3.75. The van der Waals surface area contributed by atoms with Gasteiger partial charge in [-0.3, -0.25) is 4.72 Å². The number of anilines is 1. The fraction of sp³-hybridized carbons (Fsp3) is 0.300. The average molecular weight is 382 g/mol. The fourth-order valence-electron chi connectivity index (χ4n) is 1.31. The Morgan fingerprint density at radius 1 is 1.42 bits per heavy atom. The first-order valence-corrected chi connectivity index (χ1v) is 9.36. The minimum Gasteiger partial charge on any atom is -0.312 e. The van der Waals surface area contributed by atoms with Gasteiger partial charge < -0.3 is 5.32 Å². The highest BCUT2D eigenvalue weighted by Crippen LogP contribution is 2.30. The number of halogens is 1. The number of rotatable bonds is 5. The quantitative estimate of drug-likeness (QED) is 0.834. The molecular formula is C10H12BrN3O2S3. The minimum absolute atomic E-state index is 0.0861. The summed E-state index contributed by atoms with van der Waals surface area (Å²) in [5, 5.41) is 6.98. The van der Waals surface area contributed by atoms with Crippen molar-refractivity contribution < 1.29 is 8.42 Å². The van der Waals surface area contributed by atoms with Crippen molar-refractivity contribution >= 4 is 53.8 Å². The second-order valence-corrected chi connectivity index (χ2v) is 8.26. The molecule has 1 atom stereocenters. The van der Waals surface area contributed by atoms with Crippen LogP contribution in [0.15, 0.2) is 25.5 Å². The highest BCUT2D eigenvalue weighted by molar-refractivity contribution is 9.10. The zero-order chi connectivity index (χ0) is 14.0. The van der Waals surface area contributed by atoms with E-state index in [-0.39, 0.29) is 10.3 Å². The molecule has 0 amide bonds.